The van der Waals surface area contributed by atoms with Crippen LogP contribution < -0.4 is 5.32 Å². The first kappa shape index (κ1) is 11.2. The Morgan fingerprint density at radius 1 is 1.22 bits per heavy atom. The maximum absolute atomic E-state index is 4.48. The second-order valence-corrected chi connectivity index (χ2v) is 4.77. The minimum atomic E-state index is 0.668. The molecule has 2 aromatic rings. The van der Waals surface area contributed by atoms with E-state index in [1.165, 1.54) is 30.4 Å². The van der Waals surface area contributed by atoms with Gasteiger partial charge in [0.1, 0.15) is 0 Å². The minimum Gasteiger partial charge on any atom is -0.357 e. The lowest BCUT2D eigenvalue weighted by molar-refractivity contribution is 0.420. The molecule has 3 heteroatoms. The third-order valence-electron chi connectivity index (χ3n) is 3.64. The minimum absolute atomic E-state index is 0.668. The van der Waals surface area contributed by atoms with Gasteiger partial charge in [-0.1, -0.05) is 24.6 Å². The summed E-state index contributed by atoms with van der Waals surface area (Å²) in [7, 11) is 1.84. The number of nitrogens with one attached hydrogen (secondary N) is 1. The summed E-state index contributed by atoms with van der Waals surface area (Å²) in [5.41, 5.74) is 3.61. The molecule has 92 valence electrons. The van der Waals surface area contributed by atoms with Crippen molar-refractivity contribution in [1.29, 1.82) is 0 Å². The summed E-state index contributed by atoms with van der Waals surface area (Å²) in [5, 5.41) is 2.97. The predicted octanol–water partition coefficient (Wildman–Crippen LogP) is 3.45. The highest BCUT2D eigenvalue weighted by atomic mass is 15.1. The first-order valence-electron chi connectivity index (χ1n) is 6.48. The summed E-state index contributed by atoms with van der Waals surface area (Å²) in [6.07, 6.45) is 5.82. The average Bonchev–Trinajstić information content (AvgIpc) is 2.37. The number of aromatic nitrogens is 2. The van der Waals surface area contributed by atoms with Crippen LogP contribution in [0, 0.1) is 0 Å². The summed E-state index contributed by atoms with van der Waals surface area (Å²) < 4.78 is 0. The second-order valence-electron chi connectivity index (χ2n) is 4.77. The van der Waals surface area contributed by atoms with Crippen LogP contribution in [0.3, 0.4) is 0 Å². The summed E-state index contributed by atoms with van der Waals surface area (Å²) >= 11 is 0. The van der Waals surface area contributed by atoms with Crippen LogP contribution in [0.4, 0.5) is 5.95 Å². The number of benzene rings is 1. The number of hydrogen-bond donors (Lipinski definition) is 1. The van der Waals surface area contributed by atoms with Crippen molar-refractivity contribution in [3.8, 4) is 11.3 Å². The molecule has 0 saturated heterocycles. The maximum Gasteiger partial charge on any atom is 0.222 e. The van der Waals surface area contributed by atoms with Crippen LogP contribution >= 0.6 is 0 Å². The molecule has 0 radical (unpaired) electrons. The van der Waals surface area contributed by atoms with Crippen molar-refractivity contribution in [2.45, 2.75) is 25.2 Å². The van der Waals surface area contributed by atoms with E-state index in [0.29, 0.717) is 5.95 Å². The molecular formula is C15H17N3. The average molecular weight is 239 g/mol. The van der Waals surface area contributed by atoms with Crippen molar-refractivity contribution < 1.29 is 0 Å². The molecule has 1 aliphatic rings. The Morgan fingerprint density at radius 2 is 2.11 bits per heavy atom. The maximum atomic E-state index is 4.48. The number of nitrogens with zero attached hydrogens (tertiary/aromatic N) is 2. The molecule has 1 aliphatic carbocycles. The fourth-order valence-corrected chi connectivity index (χ4v) is 2.33. The zero-order chi connectivity index (χ0) is 12.4. The van der Waals surface area contributed by atoms with Gasteiger partial charge in [0.2, 0.25) is 5.95 Å². The third-order valence-corrected chi connectivity index (χ3v) is 3.64. The van der Waals surface area contributed by atoms with Crippen molar-refractivity contribution in [2.75, 3.05) is 12.4 Å². The molecule has 1 aromatic carbocycles. The molecule has 1 N–H and O–H groups in total. The fourth-order valence-electron chi connectivity index (χ4n) is 2.33. The molecule has 1 heterocycles. The molecule has 3 rings (SSSR count). The predicted molar refractivity (Wildman–Crippen MR) is 73.6 cm³/mol. The second kappa shape index (κ2) is 4.77. The van der Waals surface area contributed by atoms with Gasteiger partial charge >= 0.3 is 0 Å². The van der Waals surface area contributed by atoms with E-state index >= 15 is 0 Å². The van der Waals surface area contributed by atoms with Gasteiger partial charge in [-0.3, -0.25) is 0 Å². The van der Waals surface area contributed by atoms with Crippen LogP contribution in [-0.4, -0.2) is 17.0 Å². The molecule has 1 saturated carbocycles. The lowest BCUT2D eigenvalue weighted by Crippen LogP contribution is -2.08. The molecule has 0 atom stereocenters. The third kappa shape index (κ3) is 2.08. The molecule has 18 heavy (non-hydrogen) atoms. The highest BCUT2D eigenvalue weighted by Crippen LogP contribution is 2.37. The zero-order valence-electron chi connectivity index (χ0n) is 10.6. The van der Waals surface area contributed by atoms with E-state index in [4.69, 9.17) is 0 Å². The Bertz CT molecular complexity index is 547. The first-order chi connectivity index (χ1) is 8.86. The van der Waals surface area contributed by atoms with Gasteiger partial charge in [-0.15, -0.1) is 0 Å². The Morgan fingerprint density at radius 3 is 2.83 bits per heavy atom. The van der Waals surface area contributed by atoms with Crippen LogP contribution in [0.1, 0.15) is 30.7 Å². The van der Waals surface area contributed by atoms with Crippen molar-refractivity contribution in [1.82, 2.24) is 9.97 Å². The topological polar surface area (TPSA) is 37.8 Å². The lowest BCUT2D eigenvalue weighted by Gasteiger charge is -2.26. The van der Waals surface area contributed by atoms with Crippen LogP contribution in [0.5, 0.6) is 0 Å². The van der Waals surface area contributed by atoms with Crippen LogP contribution in [0.25, 0.3) is 11.3 Å². The SMILES string of the molecule is CNc1nccc(-c2cccc(C3CCC3)c2)n1. The normalized spacial score (nSPS) is 15.2. The molecule has 0 aliphatic heterocycles. The largest absolute Gasteiger partial charge is 0.357 e. The Hall–Kier alpha value is -1.90. The number of anilines is 1. The Balaban J connectivity index is 1.94. The van der Waals surface area contributed by atoms with Gasteiger partial charge < -0.3 is 5.32 Å². The molecule has 3 nitrogen and oxygen atoms in total. The van der Waals surface area contributed by atoms with E-state index in [1.54, 1.807) is 6.20 Å². The van der Waals surface area contributed by atoms with E-state index in [9.17, 15) is 0 Å². The van der Waals surface area contributed by atoms with E-state index in [2.05, 4.69) is 39.6 Å². The van der Waals surface area contributed by atoms with Gasteiger partial charge in [0.25, 0.3) is 0 Å². The fraction of sp³-hybridized carbons (Fsp3) is 0.333. The van der Waals surface area contributed by atoms with Crippen molar-refractivity contribution in [3.05, 3.63) is 42.1 Å². The van der Waals surface area contributed by atoms with Crippen LogP contribution in [0.2, 0.25) is 0 Å². The van der Waals surface area contributed by atoms with Crippen LogP contribution in [-0.2, 0) is 0 Å². The summed E-state index contributed by atoms with van der Waals surface area (Å²) in [6.45, 7) is 0. The van der Waals surface area contributed by atoms with Gasteiger partial charge in [-0.2, -0.15) is 0 Å². The van der Waals surface area contributed by atoms with Crippen molar-refractivity contribution >= 4 is 5.95 Å². The van der Waals surface area contributed by atoms with E-state index < -0.39 is 0 Å². The van der Waals surface area contributed by atoms with Gasteiger partial charge in [0.15, 0.2) is 0 Å². The van der Waals surface area contributed by atoms with Crippen LogP contribution in [0.15, 0.2) is 36.5 Å². The molecular weight excluding hydrogens is 222 g/mol. The summed E-state index contributed by atoms with van der Waals surface area (Å²) in [5.74, 6) is 1.43. The van der Waals surface area contributed by atoms with Crippen molar-refractivity contribution in [2.24, 2.45) is 0 Å². The summed E-state index contributed by atoms with van der Waals surface area (Å²) in [4.78, 5) is 8.63. The number of hydrogen-bond acceptors (Lipinski definition) is 3. The molecule has 0 bridgehead atoms. The van der Waals surface area contributed by atoms with Crippen molar-refractivity contribution in [3.63, 3.8) is 0 Å². The highest BCUT2D eigenvalue weighted by Gasteiger charge is 2.19. The van der Waals surface area contributed by atoms with Gasteiger partial charge in [0, 0.05) is 18.8 Å². The molecule has 1 aromatic heterocycles. The summed E-state index contributed by atoms with van der Waals surface area (Å²) in [6, 6.07) is 10.7. The highest BCUT2D eigenvalue weighted by molar-refractivity contribution is 5.61. The standard InChI is InChI=1S/C15H17N3/c1-16-15-17-9-8-14(18-15)13-7-3-6-12(10-13)11-4-2-5-11/h3,6-11H,2,4-5H2,1H3,(H,16,17,18). The number of rotatable bonds is 3. The zero-order valence-corrected chi connectivity index (χ0v) is 10.6. The Labute approximate surface area is 107 Å². The van der Waals surface area contributed by atoms with E-state index in [0.717, 1.165) is 11.6 Å². The molecule has 0 amide bonds. The Kier molecular flexibility index (Phi) is 2.97. The van der Waals surface area contributed by atoms with Gasteiger partial charge in [-0.05, 0) is 36.5 Å². The van der Waals surface area contributed by atoms with Gasteiger partial charge in [-0.25, -0.2) is 9.97 Å². The quantitative estimate of drug-likeness (QED) is 0.891. The molecule has 0 spiro atoms. The van der Waals surface area contributed by atoms with Gasteiger partial charge in [0.05, 0.1) is 5.69 Å². The lowest BCUT2D eigenvalue weighted by atomic mass is 9.79. The van der Waals surface area contributed by atoms with E-state index in [1.807, 2.05) is 13.1 Å². The molecule has 0 unspecified atom stereocenters. The monoisotopic (exact) mass is 239 g/mol. The first-order valence-corrected chi connectivity index (χ1v) is 6.48. The smallest absolute Gasteiger partial charge is 0.222 e. The molecule has 1 fully saturated rings. The van der Waals surface area contributed by atoms with E-state index in [-0.39, 0.29) is 0 Å².